The molecule has 0 aliphatic heterocycles. The molecule has 0 aliphatic rings. The Morgan fingerprint density at radius 2 is 1.79 bits per heavy atom. The van der Waals surface area contributed by atoms with Crippen LogP contribution in [0.5, 0.6) is 0 Å². The zero-order valence-electron chi connectivity index (χ0n) is 10.8. The summed E-state index contributed by atoms with van der Waals surface area (Å²) >= 11 is 6.68. The Kier molecular flexibility index (Phi) is 3.31. The van der Waals surface area contributed by atoms with Crippen molar-refractivity contribution < 1.29 is 4.42 Å². The van der Waals surface area contributed by atoms with Gasteiger partial charge in [0.05, 0.1) is 11.6 Å². The fraction of sp³-hybridized carbons (Fsp3) is 0.176. The Morgan fingerprint density at radius 3 is 2.63 bits per heavy atom. The first kappa shape index (κ1) is 12.3. The van der Waals surface area contributed by atoms with Crippen LogP contribution in [0.2, 0.25) is 0 Å². The van der Waals surface area contributed by atoms with E-state index < -0.39 is 0 Å². The van der Waals surface area contributed by atoms with Gasteiger partial charge >= 0.3 is 0 Å². The molecule has 0 radical (unpaired) electrons. The van der Waals surface area contributed by atoms with Crippen LogP contribution in [0.15, 0.2) is 59.2 Å². The van der Waals surface area contributed by atoms with E-state index in [1.54, 1.807) is 6.26 Å². The number of aryl methyl sites for hydroxylation is 1. The average Bonchev–Trinajstić information content (AvgIpc) is 2.94. The zero-order valence-corrected chi connectivity index (χ0v) is 11.5. The third kappa shape index (κ3) is 2.15. The van der Waals surface area contributed by atoms with Crippen LogP contribution in [0.1, 0.15) is 29.2 Å². The summed E-state index contributed by atoms with van der Waals surface area (Å²) < 4.78 is 5.48. The van der Waals surface area contributed by atoms with E-state index in [1.165, 1.54) is 10.8 Å². The van der Waals surface area contributed by atoms with Crippen LogP contribution in [-0.2, 0) is 6.42 Å². The second-order valence-corrected chi connectivity index (χ2v) is 5.02. The van der Waals surface area contributed by atoms with Gasteiger partial charge in [-0.2, -0.15) is 0 Å². The summed E-state index contributed by atoms with van der Waals surface area (Å²) in [6.45, 7) is 2.08. The number of halogens is 1. The van der Waals surface area contributed by atoms with Crippen molar-refractivity contribution in [3.63, 3.8) is 0 Å². The Balaban J connectivity index is 2.14. The van der Waals surface area contributed by atoms with Gasteiger partial charge in [0.25, 0.3) is 0 Å². The van der Waals surface area contributed by atoms with Crippen LogP contribution in [0.25, 0.3) is 10.8 Å². The van der Waals surface area contributed by atoms with E-state index in [4.69, 9.17) is 16.0 Å². The van der Waals surface area contributed by atoms with Gasteiger partial charge in [-0.25, -0.2) is 0 Å². The highest BCUT2D eigenvalue weighted by Gasteiger charge is 2.18. The van der Waals surface area contributed by atoms with Crippen molar-refractivity contribution in [2.24, 2.45) is 0 Å². The lowest BCUT2D eigenvalue weighted by Crippen LogP contribution is -1.96. The Hall–Kier alpha value is -1.73. The molecule has 0 fully saturated rings. The minimum Gasteiger partial charge on any atom is -0.469 e. The summed E-state index contributed by atoms with van der Waals surface area (Å²) in [5.41, 5.74) is 2.20. The summed E-state index contributed by atoms with van der Waals surface area (Å²) in [5.74, 6) is 0.966. The fourth-order valence-electron chi connectivity index (χ4n) is 2.50. The monoisotopic (exact) mass is 270 g/mol. The van der Waals surface area contributed by atoms with E-state index in [0.29, 0.717) is 0 Å². The summed E-state index contributed by atoms with van der Waals surface area (Å²) in [6.07, 6.45) is 2.57. The molecule has 1 heterocycles. The van der Waals surface area contributed by atoms with Crippen molar-refractivity contribution in [3.8, 4) is 0 Å². The van der Waals surface area contributed by atoms with Gasteiger partial charge in [-0.3, -0.25) is 0 Å². The Morgan fingerprint density at radius 1 is 1.00 bits per heavy atom. The highest BCUT2D eigenvalue weighted by Crippen LogP contribution is 2.35. The van der Waals surface area contributed by atoms with Gasteiger partial charge in [-0.15, -0.1) is 11.6 Å². The van der Waals surface area contributed by atoms with Crippen LogP contribution in [0.4, 0.5) is 0 Å². The van der Waals surface area contributed by atoms with Crippen molar-refractivity contribution in [3.05, 3.63) is 71.7 Å². The Labute approximate surface area is 117 Å². The minimum absolute atomic E-state index is 0.167. The quantitative estimate of drug-likeness (QED) is 0.587. The maximum atomic E-state index is 6.68. The highest BCUT2D eigenvalue weighted by atomic mass is 35.5. The molecule has 0 N–H and O–H groups in total. The molecule has 1 atom stereocenters. The van der Waals surface area contributed by atoms with E-state index in [0.717, 1.165) is 23.3 Å². The molecule has 0 spiro atoms. The molecule has 0 bridgehead atoms. The fourth-order valence-corrected chi connectivity index (χ4v) is 2.89. The molecule has 1 nitrogen and oxygen atoms in total. The number of hydrogen-bond acceptors (Lipinski definition) is 1. The molecule has 3 rings (SSSR count). The van der Waals surface area contributed by atoms with Crippen molar-refractivity contribution in [1.82, 2.24) is 0 Å². The van der Waals surface area contributed by atoms with Crippen LogP contribution >= 0.6 is 11.6 Å². The molecule has 19 heavy (non-hydrogen) atoms. The summed E-state index contributed by atoms with van der Waals surface area (Å²) in [5, 5.41) is 2.25. The van der Waals surface area contributed by atoms with E-state index in [2.05, 4.69) is 37.3 Å². The number of alkyl halides is 1. The molecule has 1 aromatic heterocycles. The van der Waals surface area contributed by atoms with Gasteiger partial charge in [0.1, 0.15) is 5.76 Å². The number of furan rings is 1. The standard InChI is InChI=1S/C17H15ClO/c1-2-16-15(10-11-19-16)17(18)14-9-5-7-12-6-3-4-8-13(12)14/h3-11,17H,2H2,1H3. The van der Waals surface area contributed by atoms with Gasteiger partial charge in [-0.05, 0) is 22.4 Å². The lowest BCUT2D eigenvalue weighted by molar-refractivity contribution is 0.512. The largest absolute Gasteiger partial charge is 0.469 e. The van der Waals surface area contributed by atoms with Crippen LogP contribution in [0, 0.1) is 0 Å². The SMILES string of the molecule is CCc1occc1C(Cl)c1cccc2ccccc12. The van der Waals surface area contributed by atoms with Gasteiger partial charge in [-0.1, -0.05) is 49.4 Å². The van der Waals surface area contributed by atoms with E-state index in [-0.39, 0.29) is 5.38 Å². The van der Waals surface area contributed by atoms with Crippen LogP contribution in [0.3, 0.4) is 0 Å². The first-order chi connectivity index (χ1) is 9.31. The van der Waals surface area contributed by atoms with Gasteiger partial charge < -0.3 is 4.42 Å². The summed E-state index contributed by atoms with van der Waals surface area (Å²) in [7, 11) is 0. The number of benzene rings is 2. The molecule has 2 aromatic carbocycles. The minimum atomic E-state index is -0.167. The van der Waals surface area contributed by atoms with Crippen molar-refractivity contribution >= 4 is 22.4 Å². The topological polar surface area (TPSA) is 13.1 Å². The first-order valence-electron chi connectivity index (χ1n) is 6.49. The predicted octanol–water partition coefficient (Wildman–Crippen LogP) is 5.32. The molecule has 96 valence electrons. The molecule has 2 heteroatoms. The van der Waals surface area contributed by atoms with Crippen molar-refractivity contribution in [2.75, 3.05) is 0 Å². The molecule has 0 amide bonds. The molecule has 0 saturated carbocycles. The van der Waals surface area contributed by atoms with Crippen molar-refractivity contribution in [1.29, 1.82) is 0 Å². The Bertz CT molecular complexity index is 694. The van der Waals surface area contributed by atoms with E-state index >= 15 is 0 Å². The molecule has 1 unspecified atom stereocenters. The molecule has 3 aromatic rings. The molecule has 0 saturated heterocycles. The second kappa shape index (κ2) is 5.10. The normalized spacial score (nSPS) is 12.7. The summed E-state index contributed by atoms with van der Waals surface area (Å²) in [6, 6.07) is 16.5. The number of rotatable bonds is 3. The number of fused-ring (bicyclic) bond motifs is 1. The second-order valence-electron chi connectivity index (χ2n) is 4.58. The molecular weight excluding hydrogens is 256 g/mol. The third-order valence-corrected chi connectivity index (χ3v) is 3.94. The van der Waals surface area contributed by atoms with E-state index in [1.807, 2.05) is 18.2 Å². The summed E-state index contributed by atoms with van der Waals surface area (Å²) in [4.78, 5) is 0. The average molecular weight is 271 g/mol. The van der Waals surface area contributed by atoms with Crippen LogP contribution < -0.4 is 0 Å². The maximum absolute atomic E-state index is 6.68. The lowest BCUT2D eigenvalue weighted by Gasteiger charge is -2.13. The van der Waals surface area contributed by atoms with Gasteiger partial charge in [0, 0.05) is 12.0 Å². The van der Waals surface area contributed by atoms with E-state index in [9.17, 15) is 0 Å². The smallest absolute Gasteiger partial charge is 0.108 e. The third-order valence-electron chi connectivity index (χ3n) is 3.47. The molecular formula is C17H15ClO. The molecule has 0 aliphatic carbocycles. The maximum Gasteiger partial charge on any atom is 0.108 e. The van der Waals surface area contributed by atoms with Crippen molar-refractivity contribution in [2.45, 2.75) is 18.7 Å². The van der Waals surface area contributed by atoms with Gasteiger partial charge in [0.15, 0.2) is 0 Å². The zero-order chi connectivity index (χ0) is 13.2. The lowest BCUT2D eigenvalue weighted by atomic mass is 9.98. The first-order valence-corrected chi connectivity index (χ1v) is 6.93. The van der Waals surface area contributed by atoms with Gasteiger partial charge in [0.2, 0.25) is 0 Å². The number of hydrogen-bond donors (Lipinski definition) is 0. The predicted molar refractivity (Wildman–Crippen MR) is 79.7 cm³/mol. The van der Waals surface area contributed by atoms with Crippen LogP contribution in [-0.4, -0.2) is 0 Å². The highest BCUT2D eigenvalue weighted by molar-refractivity contribution is 6.23.